The van der Waals surface area contributed by atoms with Gasteiger partial charge in [-0.05, 0) is 57.9 Å². The normalized spacial score (nSPS) is 12.2. The van der Waals surface area contributed by atoms with Gasteiger partial charge in [0, 0.05) is 18.2 Å². The Morgan fingerprint density at radius 2 is 1.65 bits per heavy atom. The van der Waals surface area contributed by atoms with E-state index in [0.29, 0.717) is 5.56 Å². The molecule has 1 atom stereocenters. The van der Waals surface area contributed by atoms with Crippen LogP contribution in [0.2, 0.25) is 0 Å². The number of rotatable bonds is 10. The highest BCUT2D eigenvalue weighted by molar-refractivity contribution is 7.92. The van der Waals surface area contributed by atoms with Gasteiger partial charge >= 0.3 is 0 Å². The minimum atomic E-state index is -3.86. The summed E-state index contributed by atoms with van der Waals surface area (Å²) in [7, 11) is -3.86. The minimum absolute atomic E-state index is 0.118. The fourth-order valence-electron chi connectivity index (χ4n) is 3.45. The van der Waals surface area contributed by atoms with Crippen LogP contribution in [0, 0.1) is 6.92 Å². The summed E-state index contributed by atoms with van der Waals surface area (Å²) in [5.41, 5.74) is 2.34. The smallest absolute Gasteiger partial charge is 0.244 e. The number of nitrogens with zero attached hydrogens (tertiary/aromatic N) is 2. The van der Waals surface area contributed by atoms with E-state index in [1.54, 1.807) is 19.1 Å². The van der Waals surface area contributed by atoms with Crippen LogP contribution in [-0.2, 0) is 26.2 Å². The van der Waals surface area contributed by atoms with Crippen LogP contribution in [0.4, 0.5) is 5.69 Å². The van der Waals surface area contributed by atoms with Gasteiger partial charge in [-0.2, -0.15) is 0 Å². The molecule has 0 fully saturated rings. The SMILES string of the molecule is CC(=O)c1cccc(N(CC(=O)N(Cc2ccccc2C)[C@@H](C)C(=O)NC(C)C)S(C)(=O)=O)c1. The lowest BCUT2D eigenvalue weighted by Crippen LogP contribution is -2.52. The third-order valence-electron chi connectivity index (χ3n) is 5.42. The summed E-state index contributed by atoms with van der Waals surface area (Å²) in [5.74, 6) is -1.09. The fourth-order valence-corrected chi connectivity index (χ4v) is 4.29. The average molecular weight is 488 g/mol. The third kappa shape index (κ3) is 7.15. The number of Topliss-reactive ketones (excluding diaryl/α,β-unsaturated/α-hetero) is 1. The summed E-state index contributed by atoms with van der Waals surface area (Å²) in [4.78, 5) is 39.5. The second-order valence-electron chi connectivity index (χ2n) is 8.66. The zero-order valence-electron chi connectivity index (χ0n) is 20.5. The first-order valence-electron chi connectivity index (χ1n) is 11.0. The number of sulfonamides is 1. The summed E-state index contributed by atoms with van der Waals surface area (Å²) in [6.07, 6.45) is 1.00. The van der Waals surface area contributed by atoms with Gasteiger partial charge in [0.05, 0.1) is 11.9 Å². The van der Waals surface area contributed by atoms with Crippen molar-refractivity contribution in [1.29, 1.82) is 0 Å². The van der Waals surface area contributed by atoms with E-state index < -0.39 is 28.5 Å². The molecule has 0 unspecified atom stereocenters. The van der Waals surface area contributed by atoms with Crippen LogP contribution in [0.1, 0.15) is 49.2 Å². The molecule has 0 aliphatic rings. The minimum Gasteiger partial charge on any atom is -0.352 e. The van der Waals surface area contributed by atoms with Gasteiger partial charge in [-0.3, -0.25) is 18.7 Å². The number of aryl methyl sites for hydroxylation is 1. The van der Waals surface area contributed by atoms with Crippen molar-refractivity contribution in [3.63, 3.8) is 0 Å². The van der Waals surface area contributed by atoms with Gasteiger partial charge in [-0.1, -0.05) is 36.4 Å². The standard InChI is InChI=1S/C25H33N3O5S/c1-17(2)26-25(31)19(4)27(15-22-11-8-7-10-18(22)3)24(30)16-28(34(6,32)33)23-13-9-12-21(14-23)20(5)29/h7-14,17,19H,15-16H2,1-6H3,(H,26,31)/t19-/m0/s1. The van der Waals surface area contributed by atoms with E-state index in [9.17, 15) is 22.8 Å². The number of nitrogens with one attached hydrogen (secondary N) is 1. The molecule has 2 amide bonds. The van der Waals surface area contributed by atoms with Crippen LogP contribution in [0.15, 0.2) is 48.5 Å². The van der Waals surface area contributed by atoms with Crippen molar-refractivity contribution in [2.24, 2.45) is 0 Å². The molecule has 2 aromatic carbocycles. The van der Waals surface area contributed by atoms with Crippen LogP contribution in [0.5, 0.6) is 0 Å². The first-order valence-corrected chi connectivity index (χ1v) is 12.9. The first-order chi connectivity index (χ1) is 15.8. The molecule has 0 aliphatic carbocycles. The van der Waals surface area contributed by atoms with Crippen molar-refractivity contribution in [1.82, 2.24) is 10.2 Å². The maximum absolute atomic E-state index is 13.5. The van der Waals surface area contributed by atoms with E-state index in [2.05, 4.69) is 5.32 Å². The van der Waals surface area contributed by atoms with Crippen molar-refractivity contribution in [3.05, 3.63) is 65.2 Å². The fraction of sp³-hybridized carbons (Fsp3) is 0.400. The maximum atomic E-state index is 13.5. The molecule has 34 heavy (non-hydrogen) atoms. The number of hydrogen-bond acceptors (Lipinski definition) is 5. The van der Waals surface area contributed by atoms with Crippen LogP contribution in [0.3, 0.4) is 0 Å². The summed E-state index contributed by atoms with van der Waals surface area (Å²) in [5, 5.41) is 2.81. The Morgan fingerprint density at radius 1 is 1.00 bits per heavy atom. The summed E-state index contributed by atoms with van der Waals surface area (Å²) in [6.45, 7) is 8.20. The number of carbonyl (C=O) groups is 3. The second-order valence-corrected chi connectivity index (χ2v) is 10.6. The van der Waals surface area contributed by atoms with Gasteiger partial charge in [0.25, 0.3) is 0 Å². The van der Waals surface area contributed by atoms with Crippen LogP contribution in [0.25, 0.3) is 0 Å². The topological polar surface area (TPSA) is 104 Å². The predicted molar refractivity (Wildman–Crippen MR) is 133 cm³/mol. The van der Waals surface area contributed by atoms with Gasteiger partial charge < -0.3 is 10.2 Å². The second kappa shape index (κ2) is 11.3. The van der Waals surface area contributed by atoms with Crippen LogP contribution >= 0.6 is 0 Å². The predicted octanol–water partition coefficient (Wildman–Crippen LogP) is 2.91. The quantitative estimate of drug-likeness (QED) is 0.519. The van der Waals surface area contributed by atoms with E-state index in [0.717, 1.165) is 21.7 Å². The number of anilines is 1. The Hall–Kier alpha value is -3.20. The Kier molecular flexibility index (Phi) is 8.98. The van der Waals surface area contributed by atoms with Gasteiger partial charge in [0.15, 0.2) is 5.78 Å². The summed E-state index contributed by atoms with van der Waals surface area (Å²) in [6, 6.07) is 12.7. The first kappa shape index (κ1) is 27.0. The van der Waals surface area contributed by atoms with Crippen LogP contribution in [-0.4, -0.2) is 55.8 Å². The Morgan fingerprint density at radius 3 is 2.21 bits per heavy atom. The molecule has 2 aromatic rings. The molecule has 0 saturated heterocycles. The Bertz CT molecular complexity index is 1160. The molecule has 0 saturated carbocycles. The summed E-state index contributed by atoms with van der Waals surface area (Å²) >= 11 is 0. The molecule has 9 heteroatoms. The van der Waals surface area contributed by atoms with Crippen molar-refractivity contribution in [2.75, 3.05) is 17.1 Å². The molecular weight excluding hydrogens is 454 g/mol. The molecular formula is C25H33N3O5S. The number of benzene rings is 2. The Balaban J connectivity index is 2.44. The highest BCUT2D eigenvalue weighted by Crippen LogP contribution is 2.21. The zero-order valence-corrected chi connectivity index (χ0v) is 21.3. The molecule has 2 rings (SSSR count). The highest BCUT2D eigenvalue weighted by atomic mass is 32.2. The van der Waals surface area contributed by atoms with E-state index in [1.165, 1.54) is 24.0 Å². The van der Waals surface area contributed by atoms with E-state index in [1.807, 2.05) is 45.0 Å². The van der Waals surface area contributed by atoms with Gasteiger partial charge in [0.1, 0.15) is 12.6 Å². The molecule has 1 N–H and O–H groups in total. The lowest BCUT2D eigenvalue weighted by molar-refractivity contribution is -0.139. The molecule has 0 radical (unpaired) electrons. The Labute approximate surface area is 202 Å². The van der Waals surface area contributed by atoms with Crippen molar-refractivity contribution < 1.29 is 22.8 Å². The van der Waals surface area contributed by atoms with Crippen molar-refractivity contribution >= 4 is 33.3 Å². The maximum Gasteiger partial charge on any atom is 0.244 e. The largest absolute Gasteiger partial charge is 0.352 e. The lowest BCUT2D eigenvalue weighted by atomic mass is 10.1. The van der Waals surface area contributed by atoms with Crippen LogP contribution < -0.4 is 9.62 Å². The monoisotopic (exact) mass is 487 g/mol. The average Bonchev–Trinajstić information content (AvgIpc) is 2.75. The van der Waals surface area contributed by atoms with Crippen molar-refractivity contribution in [3.8, 4) is 0 Å². The number of amides is 2. The lowest BCUT2D eigenvalue weighted by Gasteiger charge is -2.32. The summed E-state index contributed by atoms with van der Waals surface area (Å²) < 4.78 is 26.2. The molecule has 0 spiro atoms. The number of hydrogen-bond donors (Lipinski definition) is 1. The molecule has 8 nitrogen and oxygen atoms in total. The highest BCUT2D eigenvalue weighted by Gasteiger charge is 2.30. The molecule has 184 valence electrons. The van der Waals surface area contributed by atoms with E-state index in [-0.39, 0.29) is 30.0 Å². The molecule has 0 heterocycles. The van der Waals surface area contributed by atoms with E-state index >= 15 is 0 Å². The number of carbonyl (C=O) groups excluding carboxylic acids is 3. The van der Waals surface area contributed by atoms with Gasteiger partial charge in [-0.15, -0.1) is 0 Å². The van der Waals surface area contributed by atoms with E-state index in [4.69, 9.17) is 0 Å². The molecule has 0 aromatic heterocycles. The number of ketones is 1. The van der Waals surface area contributed by atoms with Gasteiger partial charge in [0.2, 0.25) is 21.8 Å². The van der Waals surface area contributed by atoms with Crippen molar-refractivity contribution in [2.45, 2.75) is 53.2 Å². The van der Waals surface area contributed by atoms with Gasteiger partial charge in [-0.25, -0.2) is 8.42 Å². The third-order valence-corrected chi connectivity index (χ3v) is 6.56. The molecule has 0 aliphatic heterocycles. The molecule has 0 bridgehead atoms. The zero-order chi connectivity index (χ0) is 25.6.